The molecule has 1 fully saturated rings. The van der Waals surface area contributed by atoms with Gasteiger partial charge in [-0.15, -0.1) is 11.3 Å². The fraction of sp³-hybridized carbons (Fsp3) is 0.240. The quantitative estimate of drug-likeness (QED) is 0.467. The molecule has 1 N–H and O–H groups in total. The average Bonchev–Trinajstić information content (AvgIpc) is 3.52. The number of pyridine rings is 1. The number of likely N-dealkylation sites (tertiary alicyclic amines) is 1. The van der Waals surface area contributed by atoms with Gasteiger partial charge in [0.1, 0.15) is 5.69 Å². The molecule has 0 atom stereocenters. The third-order valence-electron chi connectivity index (χ3n) is 6.05. The number of thiazole rings is 1. The summed E-state index contributed by atoms with van der Waals surface area (Å²) >= 11 is 1.50. The van der Waals surface area contributed by atoms with Crippen LogP contribution in [0, 0.1) is 6.92 Å². The Labute approximate surface area is 201 Å². The minimum absolute atomic E-state index is 0.00815. The first-order valence-electron chi connectivity index (χ1n) is 11.2. The maximum Gasteiger partial charge on any atom is 0.275 e. The number of hydrogen-bond donors (Lipinski definition) is 1. The molecule has 4 heterocycles. The van der Waals surface area contributed by atoms with Gasteiger partial charge in [0.05, 0.1) is 40.0 Å². The normalized spacial score (nSPS) is 14.2. The van der Waals surface area contributed by atoms with Gasteiger partial charge in [0.2, 0.25) is 0 Å². The van der Waals surface area contributed by atoms with Crippen LogP contribution in [-0.2, 0) is 0 Å². The summed E-state index contributed by atoms with van der Waals surface area (Å²) in [6, 6.07) is 13.4. The van der Waals surface area contributed by atoms with Crippen molar-refractivity contribution >= 4 is 28.8 Å². The maximum absolute atomic E-state index is 13.2. The standard InChI is InChI=1S/C25H24N6O2S/c1-17-21(15-27-31(17)20-7-3-2-4-8-20)25(33)30-12-9-18(10-13-30)24-29-22(16-34-24)23(32)28-19-6-5-11-26-14-19/h2-8,11,14-16,18H,9-10,12-13H2,1H3,(H,28,32). The number of aromatic nitrogens is 4. The zero-order valence-electron chi connectivity index (χ0n) is 18.7. The highest BCUT2D eigenvalue weighted by Crippen LogP contribution is 2.31. The number of nitrogens with zero attached hydrogens (tertiary/aromatic N) is 5. The van der Waals surface area contributed by atoms with Crippen LogP contribution in [-0.4, -0.2) is 49.6 Å². The number of amides is 2. The Morgan fingerprint density at radius 3 is 2.59 bits per heavy atom. The molecule has 0 unspecified atom stereocenters. The summed E-state index contributed by atoms with van der Waals surface area (Å²) in [6.07, 6.45) is 6.54. The SMILES string of the molecule is Cc1c(C(=O)N2CCC(c3nc(C(=O)Nc4cccnc4)cs3)CC2)cnn1-c1ccccc1. The molecule has 34 heavy (non-hydrogen) atoms. The molecule has 0 bridgehead atoms. The zero-order chi connectivity index (χ0) is 23.5. The van der Waals surface area contributed by atoms with Crippen molar-refractivity contribution in [3.63, 3.8) is 0 Å². The van der Waals surface area contributed by atoms with E-state index in [-0.39, 0.29) is 17.7 Å². The van der Waals surface area contributed by atoms with Gasteiger partial charge in [-0.1, -0.05) is 18.2 Å². The minimum Gasteiger partial charge on any atom is -0.338 e. The van der Waals surface area contributed by atoms with Crippen LogP contribution in [0.25, 0.3) is 5.69 Å². The number of carbonyl (C=O) groups is 2. The van der Waals surface area contributed by atoms with Gasteiger partial charge in [0, 0.05) is 30.6 Å². The predicted molar refractivity (Wildman–Crippen MR) is 130 cm³/mol. The summed E-state index contributed by atoms with van der Waals surface area (Å²) in [7, 11) is 0. The highest BCUT2D eigenvalue weighted by Gasteiger charge is 2.28. The lowest BCUT2D eigenvalue weighted by atomic mass is 9.97. The van der Waals surface area contributed by atoms with Gasteiger partial charge in [-0.05, 0) is 44.0 Å². The van der Waals surface area contributed by atoms with Crippen LogP contribution in [0.4, 0.5) is 5.69 Å². The van der Waals surface area contributed by atoms with Crippen LogP contribution in [0.5, 0.6) is 0 Å². The van der Waals surface area contributed by atoms with Gasteiger partial charge in [-0.2, -0.15) is 5.10 Å². The number of nitrogens with one attached hydrogen (secondary N) is 1. The van der Waals surface area contributed by atoms with Crippen molar-refractivity contribution in [1.29, 1.82) is 0 Å². The molecule has 172 valence electrons. The molecule has 1 aliphatic rings. The molecular formula is C25H24N6O2S. The van der Waals surface area contributed by atoms with Gasteiger partial charge >= 0.3 is 0 Å². The Hall–Kier alpha value is -3.85. The smallest absolute Gasteiger partial charge is 0.275 e. The third kappa shape index (κ3) is 4.47. The van der Waals surface area contributed by atoms with E-state index in [0.29, 0.717) is 30.0 Å². The topological polar surface area (TPSA) is 93.0 Å². The van der Waals surface area contributed by atoms with E-state index >= 15 is 0 Å². The number of benzene rings is 1. The first kappa shape index (κ1) is 22.0. The lowest BCUT2D eigenvalue weighted by molar-refractivity contribution is 0.0712. The monoisotopic (exact) mass is 472 g/mol. The van der Waals surface area contributed by atoms with Crippen molar-refractivity contribution in [2.45, 2.75) is 25.7 Å². The van der Waals surface area contributed by atoms with E-state index in [1.807, 2.05) is 42.2 Å². The number of piperidine rings is 1. The van der Waals surface area contributed by atoms with Crippen molar-refractivity contribution in [1.82, 2.24) is 24.6 Å². The largest absolute Gasteiger partial charge is 0.338 e. The Balaban J connectivity index is 1.21. The molecule has 0 aliphatic carbocycles. The molecular weight excluding hydrogens is 448 g/mol. The van der Waals surface area contributed by atoms with E-state index in [1.54, 1.807) is 40.8 Å². The second-order valence-corrected chi connectivity index (χ2v) is 9.11. The molecule has 4 aromatic rings. The Morgan fingerprint density at radius 2 is 1.85 bits per heavy atom. The molecule has 1 aromatic carbocycles. The highest BCUT2D eigenvalue weighted by molar-refractivity contribution is 7.10. The van der Waals surface area contributed by atoms with E-state index in [1.165, 1.54) is 11.3 Å². The lowest BCUT2D eigenvalue weighted by Crippen LogP contribution is -2.38. The van der Waals surface area contributed by atoms with E-state index in [0.717, 1.165) is 29.2 Å². The Kier molecular flexibility index (Phi) is 6.18. The molecule has 0 radical (unpaired) electrons. The van der Waals surface area contributed by atoms with Crippen LogP contribution in [0.15, 0.2) is 66.4 Å². The summed E-state index contributed by atoms with van der Waals surface area (Å²) in [5.74, 6) is 0.00459. The van der Waals surface area contributed by atoms with Crippen molar-refractivity contribution in [3.05, 3.63) is 88.4 Å². The second kappa shape index (κ2) is 9.56. The summed E-state index contributed by atoms with van der Waals surface area (Å²) in [4.78, 5) is 36.1. The highest BCUT2D eigenvalue weighted by atomic mass is 32.1. The molecule has 1 aliphatic heterocycles. The minimum atomic E-state index is -0.242. The van der Waals surface area contributed by atoms with Gasteiger partial charge in [0.25, 0.3) is 11.8 Å². The fourth-order valence-electron chi connectivity index (χ4n) is 4.16. The second-order valence-electron chi connectivity index (χ2n) is 8.22. The number of hydrogen-bond acceptors (Lipinski definition) is 6. The summed E-state index contributed by atoms with van der Waals surface area (Å²) in [5, 5.41) is 9.98. The van der Waals surface area contributed by atoms with Crippen molar-refractivity contribution in [2.75, 3.05) is 18.4 Å². The molecule has 0 saturated carbocycles. The van der Waals surface area contributed by atoms with Gasteiger partial charge in [0.15, 0.2) is 0 Å². The van der Waals surface area contributed by atoms with E-state index in [2.05, 4.69) is 20.4 Å². The van der Waals surface area contributed by atoms with Gasteiger partial charge in [-0.3, -0.25) is 14.6 Å². The molecule has 8 nitrogen and oxygen atoms in total. The molecule has 5 rings (SSSR count). The number of carbonyl (C=O) groups excluding carboxylic acids is 2. The van der Waals surface area contributed by atoms with E-state index in [9.17, 15) is 9.59 Å². The summed E-state index contributed by atoms with van der Waals surface area (Å²) in [5.41, 5.74) is 3.45. The van der Waals surface area contributed by atoms with Gasteiger partial charge < -0.3 is 10.2 Å². The number of rotatable bonds is 5. The Bertz CT molecular complexity index is 1290. The first-order valence-corrected chi connectivity index (χ1v) is 12.0. The summed E-state index contributed by atoms with van der Waals surface area (Å²) < 4.78 is 1.80. The van der Waals surface area contributed by atoms with Crippen molar-refractivity contribution in [2.24, 2.45) is 0 Å². The molecule has 3 aromatic heterocycles. The Morgan fingerprint density at radius 1 is 1.06 bits per heavy atom. The number of para-hydroxylation sites is 1. The molecule has 0 spiro atoms. The van der Waals surface area contributed by atoms with E-state index < -0.39 is 0 Å². The maximum atomic E-state index is 13.2. The van der Waals surface area contributed by atoms with Crippen LogP contribution in [0.3, 0.4) is 0 Å². The third-order valence-corrected chi connectivity index (χ3v) is 7.05. The first-order chi connectivity index (χ1) is 16.6. The predicted octanol–water partition coefficient (Wildman–Crippen LogP) is 4.30. The van der Waals surface area contributed by atoms with Crippen LogP contribution in [0.2, 0.25) is 0 Å². The summed E-state index contributed by atoms with van der Waals surface area (Å²) in [6.45, 7) is 3.22. The van der Waals surface area contributed by atoms with Crippen LogP contribution < -0.4 is 5.32 Å². The van der Waals surface area contributed by atoms with Crippen molar-refractivity contribution in [3.8, 4) is 5.69 Å². The average molecular weight is 473 g/mol. The fourth-order valence-corrected chi connectivity index (χ4v) is 5.13. The van der Waals surface area contributed by atoms with Crippen molar-refractivity contribution < 1.29 is 9.59 Å². The van der Waals surface area contributed by atoms with Crippen LogP contribution in [0.1, 0.15) is 50.3 Å². The number of anilines is 1. The lowest BCUT2D eigenvalue weighted by Gasteiger charge is -2.31. The van der Waals surface area contributed by atoms with Gasteiger partial charge in [-0.25, -0.2) is 9.67 Å². The van der Waals surface area contributed by atoms with E-state index in [4.69, 9.17) is 0 Å². The zero-order valence-corrected chi connectivity index (χ0v) is 19.5. The van der Waals surface area contributed by atoms with Crippen LogP contribution >= 0.6 is 11.3 Å². The molecule has 9 heteroatoms. The molecule has 2 amide bonds. The molecule has 1 saturated heterocycles.